The second kappa shape index (κ2) is 4.94. The minimum Gasteiger partial charge on any atom is -0.308 e. The predicted octanol–water partition coefficient (Wildman–Crippen LogP) is 1.50. The zero-order chi connectivity index (χ0) is 12.5. The number of aromatic nitrogens is 2. The molecule has 0 saturated carbocycles. The van der Waals surface area contributed by atoms with E-state index in [0.717, 1.165) is 30.1 Å². The number of nitrogens with one attached hydrogen (secondary N) is 1. The van der Waals surface area contributed by atoms with Gasteiger partial charge in [0.25, 0.3) is 0 Å². The molecule has 98 valence electrons. The highest BCUT2D eigenvalue weighted by atomic mass is 15.2. The lowest BCUT2D eigenvalue weighted by atomic mass is 9.98. The maximum absolute atomic E-state index is 4.44. The fraction of sp³-hybridized carbons (Fsp3) is 0.714. The SMILES string of the molecule is Cc1nccc(CNC2CC3CCC(C2)N3C)n1. The first-order chi connectivity index (χ1) is 8.72. The molecule has 1 aromatic rings. The molecule has 1 aromatic heterocycles. The summed E-state index contributed by atoms with van der Waals surface area (Å²) >= 11 is 0. The van der Waals surface area contributed by atoms with Crippen LogP contribution in [0.4, 0.5) is 0 Å². The smallest absolute Gasteiger partial charge is 0.125 e. The Morgan fingerprint density at radius 2 is 2.06 bits per heavy atom. The van der Waals surface area contributed by atoms with Crippen LogP contribution in [0.2, 0.25) is 0 Å². The van der Waals surface area contributed by atoms with Gasteiger partial charge in [-0.15, -0.1) is 0 Å². The zero-order valence-corrected chi connectivity index (χ0v) is 11.3. The first-order valence-corrected chi connectivity index (χ1v) is 6.96. The van der Waals surface area contributed by atoms with Crippen LogP contribution in [0.3, 0.4) is 0 Å². The number of piperidine rings is 1. The third kappa shape index (κ3) is 2.40. The molecule has 0 aliphatic carbocycles. The number of rotatable bonds is 3. The van der Waals surface area contributed by atoms with Crippen molar-refractivity contribution in [2.75, 3.05) is 7.05 Å². The van der Waals surface area contributed by atoms with Gasteiger partial charge in [0.05, 0.1) is 5.69 Å². The summed E-state index contributed by atoms with van der Waals surface area (Å²) in [6.45, 7) is 2.82. The molecule has 18 heavy (non-hydrogen) atoms. The highest BCUT2D eigenvalue weighted by Gasteiger charge is 2.37. The highest BCUT2D eigenvalue weighted by Crippen LogP contribution is 2.34. The van der Waals surface area contributed by atoms with Gasteiger partial charge in [-0.3, -0.25) is 0 Å². The molecule has 2 aliphatic heterocycles. The summed E-state index contributed by atoms with van der Waals surface area (Å²) in [6.07, 6.45) is 7.18. The van der Waals surface area contributed by atoms with Crippen LogP contribution in [0, 0.1) is 6.92 Å². The normalized spacial score (nSPS) is 31.8. The molecular weight excluding hydrogens is 224 g/mol. The summed E-state index contributed by atoms with van der Waals surface area (Å²) in [5, 5.41) is 3.67. The average Bonchev–Trinajstić information content (AvgIpc) is 2.60. The first kappa shape index (κ1) is 12.1. The van der Waals surface area contributed by atoms with Gasteiger partial charge in [0.2, 0.25) is 0 Å². The van der Waals surface area contributed by atoms with E-state index in [4.69, 9.17) is 0 Å². The molecule has 2 fully saturated rings. The van der Waals surface area contributed by atoms with Crippen LogP contribution in [0.5, 0.6) is 0 Å². The van der Waals surface area contributed by atoms with Crippen molar-refractivity contribution in [3.8, 4) is 0 Å². The second-order valence-electron chi connectivity index (χ2n) is 5.69. The Balaban J connectivity index is 1.55. The molecule has 0 spiro atoms. The summed E-state index contributed by atoms with van der Waals surface area (Å²) in [4.78, 5) is 11.2. The first-order valence-electron chi connectivity index (χ1n) is 6.96. The van der Waals surface area contributed by atoms with Gasteiger partial charge in [-0.25, -0.2) is 9.97 Å². The van der Waals surface area contributed by atoms with Gasteiger partial charge in [0.15, 0.2) is 0 Å². The summed E-state index contributed by atoms with van der Waals surface area (Å²) in [7, 11) is 2.28. The van der Waals surface area contributed by atoms with E-state index < -0.39 is 0 Å². The zero-order valence-electron chi connectivity index (χ0n) is 11.3. The van der Waals surface area contributed by atoms with Crippen LogP contribution in [0.15, 0.2) is 12.3 Å². The molecule has 2 unspecified atom stereocenters. The molecule has 4 nitrogen and oxygen atoms in total. The Morgan fingerprint density at radius 1 is 1.33 bits per heavy atom. The molecular formula is C14H22N4. The van der Waals surface area contributed by atoms with Gasteiger partial charge in [0, 0.05) is 30.9 Å². The van der Waals surface area contributed by atoms with Crippen LogP contribution in [-0.4, -0.2) is 40.0 Å². The van der Waals surface area contributed by atoms with Crippen molar-refractivity contribution in [1.29, 1.82) is 0 Å². The van der Waals surface area contributed by atoms with Crippen molar-refractivity contribution in [1.82, 2.24) is 20.2 Å². The summed E-state index contributed by atoms with van der Waals surface area (Å²) in [5.74, 6) is 0.859. The van der Waals surface area contributed by atoms with Crippen LogP contribution in [0.1, 0.15) is 37.2 Å². The Hall–Kier alpha value is -1.00. The lowest BCUT2D eigenvalue weighted by Gasteiger charge is -2.36. The Kier molecular flexibility index (Phi) is 3.31. The molecule has 2 bridgehead atoms. The number of hydrogen-bond donors (Lipinski definition) is 1. The van der Waals surface area contributed by atoms with Crippen molar-refractivity contribution in [2.24, 2.45) is 0 Å². The van der Waals surface area contributed by atoms with Crippen molar-refractivity contribution < 1.29 is 0 Å². The molecule has 4 heteroatoms. The molecule has 0 aromatic carbocycles. The number of nitrogens with zero attached hydrogens (tertiary/aromatic N) is 3. The van der Waals surface area contributed by atoms with E-state index in [2.05, 4.69) is 27.2 Å². The summed E-state index contributed by atoms with van der Waals surface area (Å²) < 4.78 is 0. The van der Waals surface area contributed by atoms with Gasteiger partial charge in [0.1, 0.15) is 5.82 Å². The Bertz CT molecular complexity index is 406. The topological polar surface area (TPSA) is 41.1 Å². The summed E-state index contributed by atoms with van der Waals surface area (Å²) in [5.41, 5.74) is 1.11. The third-order valence-corrected chi connectivity index (χ3v) is 4.50. The van der Waals surface area contributed by atoms with Crippen molar-refractivity contribution >= 4 is 0 Å². The van der Waals surface area contributed by atoms with E-state index in [1.54, 1.807) is 0 Å². The van der Waals surface area contributed by atoms with E-state index in [0.29, 0.717) is 6.04 Å². The van der Waals surface area contributed by atoms with Gasteiger partial charge in [-0.1, -0.05) is 0 Å². The molecule has 0 amide bonds. The van der Waals surface area contributed by atoms with Crippen LogP contribution in [-0.2, 0) is 6.54 Å². The molecule has 2 aliphatic rings. The van der Waals surface area contributed by atoms with E-state index in [-0.39, 0.29) is 0 Å². The number of aryl methyl sites for hydroxylation is 1. The number of hydrogen-bond acceptors (Lipinski definition) is 4. The fourth-order valence-electron chi connectivity index (χ4n) is 3.43. The molecule has 0 radical (unpaired) electrons. The van der Waals surface area contributed by atoms with Crippen molar-refractivity contribution in [2.45, 2.75) is 57.3 Å². The quantitative estimate of drug-likeness (QED) is 0.877. The predicted molar refractivity (Wildman–Crippen MR) is 71.2 cm³/mol. The molecule has 2 atom stereocenters. The van der Waals surface area contributed by atoms with E-state index >= 15 is 0 Å². The van der Waals surface area contributed by atoms with Gasteiger partial charge in [-0.05, 0) is 45.7 Å². The van der Waals surface area contributed by atoms with Gasteiger partial charge in [-0.2, -0.15) is 0 Å². The average molecular weight is 246 g/mol. The Morgan fingerprint density at radius 3 is 2.72 bits per heavy atom. The summed E-state index contributed by atoms with van der Waals surface area (Å²) in [6, 6.07) is 4.26. The van der Waals surface area contributed by atoms with Gasteiger partial charge < -0.3 is 10.2 Å². The standard InChI is InChI=1S/C14H22N4/c1-10-15-6-5-11(17-10)9-16-12-7-13-3-4-14(8-12)18(13)2/h5-6,12-14,16H,3-4,7-9H2,1-2H3. The second-order valence-corrected chi connectivity index (χ2v) is 5.69. The molecule has 2 saturated heterocycles. The lowest BCUT2D eigenvalue weighted by Crippen LogP contribution is -2.47. The lowest BCUT2D eigenvalue weighted by molar-refractivity contribution is 0.148. The minimum absolute atomic E-state index is 0.661. The monoisotopic (exact) mass is 246 g/mol. The van der Waals surface area contributed by atoms with Gasteiger partial charge >= 0.3 is 0 Å². The van der Waals surface area contributed by atoms with Crippen molar-refractivity contribution in [3.05, 3.63) is 23.8 Å². The molecule has 3 heterocycles. The molecule has 1 N–H and O–H groups in total. The third-order valence-electron chi connectivity index (χ3n) is 4.50. The number of fused-ring (bicyclic) bond motifs is 2. The molecule has 3 rings (SSSR count). The van der Waals surface area contributed by atoms with E-state index in [1.807, 2.05) is 19.2 Å². The van der Waals surface area contributed by atoms with Crippen LogP contribution >= 0.6 is 0 Å². The van der Waals surface area contributed by atoms with Crippen LogP contribution in [0.25, 0.3) is 0 Å². The van der Waals surface area contributed by atoms with Crippen LogP contribution < -0.4 is 5.32 Å². The fourth-order valence-corrected chi connectivity index (χ4v) is 3.43. The largest absolute Gasteiger partial charge is 0.308 e. The minimum atomic E-state index is 0.661. The maximum atomic E-state index is 4.44. The van der Waals surface area contributed by atoms with E-state index in [1.165, 1.54) is 25.7 Å². The maximum Gasteiger partial charge on any atom is 0.125 e. The van der Waals surface area contributed by atoms with Crippen molar-refractivity contribution in [3.63, 3.8) is 0 Å². The Labute approximate surface area is 109 Å². The van der Waals surface area contributed by atoms with E-state index in [9.17, 15) is 0 Å². The highest BCUT2D eigenvalue weighted by molar-refractivity contribution is 5.02.